The lowest BCUT2D eigenvalue weighted by Gasteiger charge is -2.18. The van der Waals surface area contributed by atoms with Gasteiger partial charge in [0.25, 0.3) is 0 Å². The van der Waals surface area contributed by atoms with Gasteiger partial charge in [-0.05, 0) is 24.1 Å². The molecular weight excluding hydrogens is 212 g/mol. The molecule has 1 aromatic heterocycles. The van der Waals surface area contributed by atoms with Crippen LogP contribution in [0.2, 0.25) is 0 Å². The highest BCUT2D eigenvalue weighted by molar-refractivity contribution is 5.67. The number of anilines is 3. The molecule has 0 radical (unpaired) electrons. The number of hydrogen-bond acceptors (Lipinski definition) is 4. The van der Waals surface area contributed by atoms with Gasteiger partial charge in [-0.25, -0.2) is 4.98 Å². The lowest BCUT2D eigenvalue weighted by Crippen LogP contribution is -2.15. The fourth-order valence-electron chi connectivity index (χ4n) is 2.20. The molecule has 1 N–H and O–H groups in total. The molecule has 0 saturated carbocycles. The van der Waals surface area contributed by atoms with Gasteiger partial charge >= 0.3 is 0 Å². The van der Waals surface area contributed by atoms with Crippen molar-refractivity contribution in [1.82, 2.24) is 9.97 Å². The number of rotatable bonds is 2. The summed E-state index contributed by atoms with van der Waals surface area (Å²) >= 11 is 0. The molecule has 17 heavy (non-hydrogen) atoms. The van der Waals surface area contributed by atoms with Crippen LogP contribution in [-0.4, -0.2) is 23.6 Å². The lowest BCUT2D eigenvalue weighted by atomic mass is 10.2. The molecule has 4 nitrogen and oxygen atoms in total. The number of nitrogens with one attached hydrogen (secondary N) is 1. The van der Waals surface area contributed by atoms with Crippen molar-refractivity contribution in [3.8, 4) is 0 Å². The third-order valence-electron chi connectivity index (χ3n) is 3.03. The summed E-state index contributed by atoms with van der Waals surface area (Å²) in [5.74, 6) is 1.61. The Labute approximate surface area is 100 Å². The second-order valence-electron chi connectivity index (χ2n) is 4.02. The van der Waals surface area contributed by atoms with Crippen LogP contribution < -0.4 is 10.2 Å². The molecule has 1 aliphatic rings. The molecule has 86 valence electrons. The number of benzene rings is 1. The van der Waals surface area contributed by atoms with Crippen LogP contribution in [-0.2, 0) is 6.42 Å². The Bertz CT molecular complexity index is 538. The summed E-state index contributed by atoms with van der Waals surface area (Å²) in [6.07, 6.45) is 2.87. The average Bonchev–Trinajstić information content (AvgIpc) is 2.82. The maximum Gasteiger partial charge on any atom is 0.224 e. The van der Waals surface area contributed by atoms with Crippen molar-refractivity contribution < 1.29 is 0 Å². The van der Waals surface area contributed by atoms with E-state index in [0.29, 0.717) is 5.95 Å². The van der Waals surface area contributed by atoms with Gasteiger partial charge in [-0.3, -0.25) is 0 Å². The first-order chi connectivity index (χ1) is 8.38. The van der Waals surface area contributed by atoms with Gasteiger partial charge in [-0.1, -0.05) is 18.2 Å². The Balaban J connectivity index is 2.01. The molecule has 0 aliphatic carbocycles. The first-order valence-corrected chi connectivity index (χ1v) is 5.75. The number of fused-ring (bicyclic) bond motifs is 1. The van der Waals surface area contributed by atoms with E-state index in [0.717, 1.165) is 18.8 Å². The molecule has 1 aromatic carbocycles. The van der Waals surface area contributed by atoms with Crippen molar-refractivity contribution in [3.05, 3.63) is 42.1 Å². The molecule has 0 spiro atoms. The standard InChI is InChI=1S/C13H14N4/c1-14-13-15-8-6-12(16-13)17-9-7-10-4-2-3-5-11(10)17/h2-6,8H,7,9H2,1H3,(H,14,15,16). The van der Waals surface area contributed by atoms with E-state index in [-0.39, 0.29) is 0 Å². The molecular formula is C13H14N4. The van der Waals surface area contributed by atoms with Crippen LogP contribution in [0.5, 0.6) is 0 Å². The van der Waals surface area contributed by atoms with Gasteiger partial charge in [0, 0.05) is 25.5 Å². The maximum atomic E-state index is 4.48. The molecule has 0 atom stereocenters. The zero-order chi connectivity index (χ0) is 11.7. The van der Waals surface area contributed by atoms with Crippen LogP contribution in [0.15, 0.2) is 36.5 Å². The van der Waals surface area contributed by atoms with Gasteiger partial charge in [0.1, 0.15) is 5.82 Å². The zero-order valence-electron chi connectivity index (χ0n) is 9.72. The quantitative estimate of drug-likeness (QED) is 0.852. The van der Waals surface area contributed by atoms with E-state index < -0.39 is 0 Å². The summed E-state index contributed by atoms with van der Waals surface area (Å²) in [5.41, 5.74) is 2.64. The molecule has 4 heteroatoms. The van der Waals surface area contributed by atoms with Crippen molar-refractivity contribution in [3.63, 3.8) is 0 Å². The van der Waals surface area contributed by atoms with E-state index in [2.05, 4.69) is 44.5 Å². The van der Waals surface area contributed by atoms with Crippen LogP contribution in [0.1, 0.15) is 5.56 Å². The van der Waals surface area contributed by atoms with Crippen molar-refractivity contribution in [2.75, 3.05) is 23.8 Å². The number of para-hydroxylation sites is 1. The first-order valence-electron chi connectivity index (χ1n) is 5.75. The predicted molar refractivity (Wildman–Crippen MR) is 68.7 cm³/mol. The van der Waals surface area contributed by atoms with Gasteiger partial charge in [-0.15, -0.1) is 0 Å². The van der Waals surface area contributed by atoms with Gasteiger partial charge in [0.15, 0.2) is 0 Å². The van der Waals surface area contributed by atoms with E-state index in [1.54, 1.807) is 6.20 Å². The Morgan fingerprint density at radius 2 is 2.12 bits per heavy atom. The second-order valence-corrected chi connectivity index (χ2v) is 4.02. The van der Waals surface area contributed by atoms with E-state index in [1.807, 2.05) is 13.1 Å². The van der Waals surface area contributed by atoms with Crippen LogP contribution in [0, 0.1) is 0 Å². The average molecular weight is 226 g/mol. The first kappa shape index (κ1) is 10.1. The normalized spacial score (nSPS) is 13.6. The summed E-state index contributed by atoms with van der Waals surface area (Å²) in [6.45, 7) is 0.986. The van der Waals surface area contributed by atoms with Gasteiger partial charge in [0.2, 0.25) is 5.95 Å². The Hall–Kier alpha value is -2.10. The van der Waals surface area contributed by atoms with Crippen molar-refractivity contribution in [2.45, 2.75) is 6.42 Å². The largest absolute Gasteiger partial charge is 0.357 e. The number of hydrogen-bond donors (Lipinski definition) is 1. The Kier molecular flexibility index (Phi) is 2.40. The summed E-state index contributed by atoms with van der Waals surface area (Å²) in [5, 5.41) is 2.97. The Morgan fingerprint density at radius 3 is 3.00 bits per heavy atom. The van der Waals surface area contributed by atoms with Crippen molar-refractivity contribution in [1.29, 1.82) is 0 Å². The van der Waals surface area contributed by atoms with Crippen molar-refractivity contribution >= 4 is 17.5 Å². The summed E-state index contributed by atoms with van der Waals surface area (Å²) in [4.78, 5) is 10.8. The van der Waals surface area contributed by atoms with Crippen LogP contribution in [0.4, 0.5) is 17.5 Å². The summed E-state index contributed by atoms with van der Waals surface area (Å²) in [6, 6.07) is 10.4. The minimum Gasteiger partial charge on any atom is -0.357 e. The molecule has 1 aliphatic heterocycles. The molecule has 0 unspecified atom stereocenters. The number of aromatic nitrogens is 2. The minimum atomic E-state index is 0.659. The van der Waals surface area contributed by atoms with E-state index >= 15 is 0 Å². The van der Waals surface area contributed by atoms with Crippen molar-refractivity contribution in [2.24, 2.45) is 0 Å². The molecule has 0 bridgehead atoms. The highest BCUT2D eigenvalue weighted by Crippen LogP contribution is 2.33. The third kappa shape index (κ3) is 1.71. The minimum absolute atomic E-state index is 0.659. The van der Waals surface area contributed by atoms with E-state index in [1.165, 1.54) is 11.3 Å². The fourth-order valence-corrected chi connectivity index (χ4v) is 2.20. The van der Waals surface area contributed by atoms with Crippen LogP contribution >= 0.6 is 0 Å². The van der Waals surface area contributed by atoms with Crippen LogP contribution in [0.3, 0.4) is 0 Å². The van der Waals surface area contributed by atoms with E-state index in [9.17, 15) is 0 Å². The predicted octanol–water partition coefficient (Wildman–Crippen LogP) is 2.21. The summed E-state index contributed by atoms with van der Waals surface area (Å²) < 4.78 is 0. The molecule has 2 heterocycles. The second kappa shape index (κ2) is 4.05. The monoisotopic (exact) mass is 226 g/mol. The molecule has 2 aromatic rings. The SMILES string of the molecule is CNc1nccc(N2CCc3ccccc32)n1. The topological polar surface area (TPSA) is 41.1 Å². The number of nitrogens with zero attached hydrogens (tertiary/aromatic N) is 3. The smallest absolute Gasteiger partial charge is 0.224 e. The summed E-state index contributed by atoms with van der Waals surface area (Å²) in [7, 11) is 1.83. The van der Waals surface area contributed by atoms with Gasteiger partial charge in [-0.2, -0.15) is 4.98 Å². The van der Waals surface area contributed by atoms with Gasteiger partial charge < -0.3 is 10.2 Å². The van der Waals surface area contributed by atoms with E-state index in [4.69, 9.17) is 0 Å². The highest BCUT2D eigenvalue weighted by Gasteiger charge is 2.20. The highest BCUT2D eigenvalue weighted by atomic mass is 15.2. The van der Waals surface area contributed by atoms with Gasteiger partial charge in [0.05, 0.1) is 0 Å². The van der Waals surface area contributed by atoms with Crippen LogP contribution in [0.25, 0.3) is 0 Å². The zero-order valence-corrected chi connectivity index (χ0v) is 9.72. The third-order valence-corrected chi connectivity index (χ3v) is 3.03. The lowest BCUT2D eigenvalue weighted by molar-refractivity contribution is 0.965. The molecule has 0 amide bonds. The Morgan fingerprint density at radius 1 is 1.24 bits per heavy atom. The molecule has 0 fully saturated rings. The fraction of sp³-hybridized carbons (Fsp3) is 0.231. The molecule has 3 rings (SSSR count). The maximum absolute atomic E-state index is 4.48. The molecule has 0 saturated heterocycles.